The number of carbonyl (C=O) groups is 2. The van der Waals surface area contributed by atoms with E-state index in [1.54, 1.807) is 31.2 Å². The number of oxime groups is 1. The maximum Gasteiger partial charge on any atom is 0.320 e. The lowest BCUT2D eigenvalue weighted by molar-refractivity contribution is -0.140. The average molecular weight is 978 g/mol. The molecule has 2 heterocycles. The lowest BCUT2D eigenvalue weighted by atomic mass is 9.92. The molecule has 0 bridgehead atoms. The minimum absolute atomic E-state index is 0.0234. The maximum absolute atomic E-state index is 11.8. The van der Waals surface area contributed by atoms with Gasteiger partial charge in [-0.1, -0.05) is 69.9 Å². The van der Waals surface area contributed by atoms with Crippen molar-refractivity contribution in [1.29, 1.82) is 0 Å². The lowest BCUT2D eigenvalue weighted by Crippen LogP contribution is -2.37. The minimum atomic E-state index is -1.09. The van der Waals surface area contributed by atoms with Crippen molar-refractivity contribution in [3.8, 4) is 34.1 Å². The molecule has 0 spiro atoms. The predicted octanol–water partition coefficient (Wildman–Crippen LogP) is 8.26. The van der Waals surface area contributed by atoms with Gasteiger partial charge < -0.3 is 59.4 Å². The largest absolute Gasteiger partial charge is 0.492 e. The van der Waals surface area contributed by atoms with Crippen LogP contribution in [0.5, 0.6) is 23.0 Å². The number of nitrogens with one attached hydrogen (secondary N) is 2. The van der Waals surface area contributed by atoms with Crippen LogP contribution in [-0.4, -0.2) is 81.2 Å². The van der Waals surface area contributed by atoms with Gasteiger partial charge in [-0.3, -0.25) is 9.59 Å². The molecule has 6 N–H and O–H groups in total. The van der Waals surface area contributed by atoms with E-state index in [1.165, 1.54) is 0 Å². The number of rotatable bonds is 25. The van der Waals surface area contributed by atoms with E-state index in [2.05, 4.69) is 27.0 Å². The van der Waals surface area contributed by atoms with Crippen molar-refractivity contribution in [3.05, 3.63) is 121 Å². The Bertz CT molecular complexity index is 2580. The quantitative estimate of drug-likeness (QED) is 0.0324. The zero-order valence-electron chi connectivity index (χ0n) is 38.9. The summed E-state index contributed by atoms with van der Waals surface area (Å²) in [7, 11) is 0. The summed E-state index contributed by atoms with van der Waals surface area (Å²) in [6.45, 7) is 11.8. The summed E-state index contributed by atoms with van der Waals surface area (Å²) in [5.41, 5.74) is 9.29. The number of aryl methyl sites for hydroxylation is 2. The second-order valence-electron chi connectivity index (χ2n) is 16.7. The van der Waals surface area contributed by atoms with Crippen LogP contribution in [0.3, 0.4) is 0 Å². The molecular formula is C50H58Cl2N4O12. The maximum atomic E-state index is 11.8. The van der Waals surface area contributed by atoms with Gasteiger partial charge in [0.15, 0.2) is 0 Å². The van der Waals surface area contributed by atoms with Gasteiger partial charge in [-0.25, -0.2) is 0 Å². The highest BCUT2D eigenvalue weighted by atomic mass is 35.5. The second-order valence-corrected chi connectivity index (χ2v) is 17.5. The first kappa shape index (κ1) is 51.5. The van der Waals surface area contributed by atoms with Crippen LogP contribution >= 0.6 is 23.2 Å². The monoisotopic (exact) mass is 976 g/mol. The fourth-order valence-electron chi connectivity index (χ4n) is 7.78. The lowest BCUT2D eigenvalue weighted by Gasteiger charge is -2.21. The zero-order chi connectivity index (χ0) is 49.1. The molecule has 1 aromatic heterocycles. The number of aromatic nitrogens is 1. The third-order valence-electron chi connectivity index (χ3n) is 12.1. The van der Waals surface area contributed by atoms with Crippen LogP contribution in [0.25, 0.3) is 11.1 Å². The number of benzene rings is 4. The van der Waals surface area contributed by atoms with E-state index in [0.717, 1.165) is 44.7 Å². The third kappa shape index (κ3) is 12.8. The molecule has 0 fully saturated rings. The molecule has 0 amide bonds. The summed E-state index contributed by atoms with van der Waals surface area (Å²) in [6.07, 6.45) is -0.129. The number of hydrogen-bond donors (Lipinski definition) is 6. The Labute approximate surface area is 405 Å². The number of hydrogen-bond acceptors (Lipinski definition) is 14. The molecular weight excluding hydrogens is 919 g/mol. The van der Waals surface area contributed by atoms with Crippen LogP contribution < -0.4 is 29.6 Å². The van der Waals surface area contributed by atoms with Crippen LogP contribution in [0.4, 0.5) is 0 Å². The second kappa shape index (κ2) is 23.9. The molecule has 4 unspecified atom stereocenters. The first-order chi connectivity index (χ1) is 32.6. The number of aliphatic hydroxyl groups excluding tert-OH is 2. The van der Waals surface area contributed by atoms with E-state index in [4.69, 9.17) is 51.5 Å². The van der Waals surface area contributed by atoms with Crippen LogP contribution in [0.15, 0.2) is 70.3 Å². The Hall–Kier alpha value is -5.88. The smallest absolute Gasteiger partial charge is 0.320 e. The molecule has 0 aliphatic carbocycles. The summed E-state index contributed by atoms with van der Waals surface area (Å²) < 4.78 is 30.7. The van der Waals surface area contributed by atoms with Gasteiger partial charge in [0, 0.05) is 49.6 Å². The van der Waals surface area contributed by atoms with Gasteiger partial charge in [-0.05, 0) is 99.9 Å². The molecule has 6 rings (SSSR count). The highest BCUT2D eigenvalue weighted by molar-refractivity contribution is 6.32. The molecule has 1 aliphatic rings. The fourth-order valence-corrected chi connectivity index (χ4v) is 8.26. The van der Waals surface area contributed by atoms with E-state index >= 15 is 0 Å². The molecule has 364 valence electrons. The van der Waals surface area contributed by atoms with E-state index in [1.807, 2.05) is 65.0 Å². The zero-order valence-corrected chi connectivity index (χ0v) is 40.4. The minimum Gasteiger partial charge on any atom is -0.492 e. The molecule has 0 saturated carbocycles. The van der Waals surface area contributed by atoms with E-state index < -0.39 is 24.0 Å². The molecule has 5 aromatic rings. The normalized spacial score (nSPS) is 15.4. The highest BCUT2D eigenvalue weighted by Crippen LogP contribution is 2.38. The van der Waals surface area contributed by atoms with E-state index in [9.17, 15) is 30.0 Å². The Morgan fingerprint density at radius 2 is 1.18 bits per heavy atom. The van der Waals surface area contributed by atoms with Crippen molar-refractivity contribution in [1.82, 2.24) is 15.8 Å². The standard InChI is InChI=1S/C50H58Cl2N4O12/c1-27-33(23-63-47-19-45(65-25-39-29(3)55-67-31(39)5)35(17-41(47)51)21-53-43(13-15-57)49(59)60)9-7-11-37(27)38-12-8-10-34(28(38)2)24-64-48-20-46(66-26-40-30(4)56-68-32(40)6)36(18-42(48)52)22-54-44(14-16-58)50(61)62/h7-12,17-20,31,39,43-44,53-54,57-58H,13-16,21-26H2,1-6H3,(H,59,60)(H,61,62). The first-order valence-corrected chi connectivity index (χ1v) is 22.9. The first-order valence-electron chi connectivity index (χ1n) is 22.2. The Morgan fingerprint density at radius 1 is 0.691 bits per heavy atom. The van der Waals surface area contributed by atoms with Gasteiger partial charge >= 0.3 is 11.9 Å². The fraction of sp³-hybridized carbons (Fsp3) is 0.400. The number of aliphatic hydroxyl groups is 2. The Morgan fingerprint density at radius 3 is 1.60 bits per heavy atom. The number of halogens is 2. The van der Waals surface area contributed by atoms with Crippen LogP contribution in [0, 0.1) is 33.6 Å². The van der Waals surface area contributed by atoms with Crippen molar-refractivity contribution < 1.29 is 58.3 Å². The predicted molar refractivity (Wildman–Crippen MR) is 256 cm³/mol. The van der Waals surface area contributed by atoms with Crippen molar-refractivity contribution in [3.63, 3.8) is 0 Å². The summed E-state index contributed by atoms with van der Waals surface area (Å²) >= 11 is 13.6. The molecule has 16 nitrogen and oxygen atoms in total. The molecule has 68 heavy (non-hydrogen) atoms. The molecule has 4 aromatic carbocycles. The van der Waals surface area contributed by atoms with Gasteiger partial charge in [0.25, 0.3) is 0 Å². The Kier molecular flexibility index (Phi) is 18.1. The van der Waals surface area contributed by atoms with Crippen LogP contribution in [0.2, 0.25) is 10.0 Å². The number of carboxylic acids is 2. The van der Waals surface area contributed by atoms with Gasteiger partial charge in [-0.2, -0.15) is 0 Å². The summed E-state index contributed by atoms with van der Waals surface area (Å²) in [5, 5.41) is 52.8. The highest BCUT2D eigenvalue weighted by Gasteiger charge is 2.29. The van der Waals surface area contributed by atoms with E-state index in [0.29, 0.717) is 55.6 Å². The average Bonchev–Trinajstić information content (AvgIpc) is 3.81. The number of nitrogens with zero attached hydrogens (tertiary/aromatic N) is 2. The molecule has 4 atom stereocenters. The number of aliphatic carboxylic acids is 2. The van der Waals surface area contributed by atoms with Gasteiger partial charge in [-0.15, -0.1) is 0 Å². The van der Waals surface area contributed by atoms with Crippen molar-refractivity contribution >= 4 is 40.9 Å². The number of ether oxygens (including phenoxy) is 4. The molecule has 0 radical (unpaired) electrons. The Balaban J connectivity index is 1.20. The molecule has 0 saturated heterocycles. The van der Waals surface area contributed by atoms with Crippen molar-refractivity contribution in [2.75, 3.05) is 19.8 Å². The van der Waals surface area contributed by atoms with Crippen molar-refractivity contribution in [2.45, 2.75) is 105 Å². The van der Waals surface area contributed by atoms with E-state index in [-0.39, 0.29) is 77.6 Å². The molecule has 1 aliphatic heterocycles. The van der Waals surface area contributed by atoms with Gasteiger partial charge in [0.1, 0.15) is 73.4 Å². The van der Waals surface area contributed by atoms with Crippen LogP contribution in [-0.2, 0) is 47.3 Å². The van der Waals surface area contributed by atoms with Crippen molar-refractivity contribution in [2.24, 2.45) is 11.1 Å². The molecule has 18 heteroatoms. The SMILES string of the molecule is CC1=NOC(C)C1COc1cc(OCc2cccc(-c3cccc(COc4cc(OCc5c(C)noc5C)c(CNC(CCO)C(=O)O)cc4Cl)c3C)c2C)c(Cl)cc1CNC(CCO)C(=O)O. The number of carboxylic acid groups (broad SMARTS) is 2. The van der Waals surface area contributed by atoms with Gasteiger partial charge in [0.05, 0.1) is 32.9 Å². The summed E-state index contributed by atoms with van der Waals surface area (Å²) in [6, 6.07) is 16.8. The van der Waals surface area contributed by atoms with Crippen LogP contribution in [0.1, 0.15) is 77.1 Å². The van der Waals surface area contributed by atoms with Gasteiger partial charge in [0.2, 0.25) is 0 Å². The third-order valence-corrected chi connectivity index (χ3v) is 12.7. The summed E-state index contributed by atoms with van der Waals surface area (Å²) in [4.78, 5) is 29.0. The summed E-state index contributed by atoms with van der Waals surface area (Å²) in [5.74, 6) is -0.0256. The topological polar surface area (TPSA) is 224 Å².